The van der Waals surface area contributed by atoms with Crippen molar-refractivity contribution < 1.29 is 14.3 Å². The van der Waals surface area contributed by atoms with Crippen LogP contribution in [-0.2, 0) is 4.79 Å². The van der Waals surface area contributed by atoms with E-state index in [4.69, 9.17) is 11.6 Å². The molecule has 2 atom stereocenters. The second-order valence-electron chi connectivity index (χ2n) is 4.74. The zero-order valence-corrected chi connectivity index (χ0v) is 12.1. The Morgan fingerprint density at radius 1 is 1.24 bits per heavy atom. The number of rotatable bonds is 5. The lowest BCUT2D eigenvalue weighted by molar-refractivity contribution is -0.139. The van der Waals surface area contributed by atoms with Gasteiger partial charge in [-0.25, -0.2) is 4.39 Å². The highest BCUT2D eigenvalue weighted by molar-refractivity contribution is 6.31. The van der Waals surface area contributed by atoms with Crippen molar-refractivity contribution in [2.24, 2.45) is 0 Å². The molecule has 0 saturated heterocycles. The van der Waals surface area contributed by atoms with Gasteiger partial charge in [-0.3, -0.25) is 10.1 Å². The molecule has 110 valence electrons. The Kier molecular flexibility index (Phi) is 4.94. The van der Waals surface area contributed by atoms with Crippen molar-refractivity contribution in [2.45, 2.75) is 19.0 Å². The summed E-state index contributed by atoms with van der Waals surface area (Å²) < 4.78 is 13.1. The van der Waals surface area contributed by atoms with Gasteiger partial charge in [0, 0.05) is 11.1 Å². The Morgan fingerprint density at radius 3 is 2.48 bits per heavy atom. The summed E-state index contributed by atoms with van der Waals surface area (Å²) in [7, 11) is 0. The van der Waals surface area contributed by atoms with Crippen molar-refractivity contribution in [1.82, 2.24) is 5.32 Å². The smallest absolute Gasteiger partial charge is 0.325 e. The van der Waals surface area contributed by atoms with E-state index in [-0.39, 0.29) is 11.1 Å². The number of nitrogens with one attached hydrogen (secondary N) is 1. The van der Waals surface area contributed by atoms with Gasteiger partial charge in [0.1, 0.15) is 11.9 Å². The Balaban J connectivity index is 2.23. The normalized spacial score (nSPS) is 13.7. The Bertz CT molecular complexity index is 633. The Hall–Kier alpha value is -1.91. The minimum absolute atomic E-state index is 0.271. The zero-order valence-electron chi connectivity index (χ0n) is 11.4. The molecule has 0 bridgehead atoms. The number of halogens is 2. The number of carbonyl (C=O) groups is 1. The second-order valence-corrected chi connectivity index (χ2v) is 5.14. The topological polar surface area (TPSA) is 49.3 Å². The Labute approximate surface area is 127 Å². The molecule has 0 radical (unpaired) electrons. The predicted molar refractivity (Wildman–Crippen MR) is 79.8 cm³/mol. The highest BCUT2D eigenvalue weighted by atomic mass is 35.5. The summed E-state index contributed by atoms with van der Waals surface area (Å²) in [4.78, 5) is 11.5. The lowest BCUT2D eigenvalue weighted by atomic mass is 10.0. The van der Waals surface area contributed by atoms with E-state index in [1.807, 2.05) is 6.07 Å². The van der Waals surface area contributed by atoms with Crippen LogP contribution in [0.15, 0.2) is 48.5 Å². The van der Waals surface area contributed by atoms with Crippen molar-refractivity contribution >= 4 is 17.6 Å². The van der Waals surface area contributed by atoms with Crippen LogP contribution in [-0.4, -0.2) is 11.1 Å². The number of benzene rings is 2. The van der Waals surface area contributed by atoms with Crippen molar-refractivity contribution in [1.29, 1.82) is 0 Å². The van der Waals surface area contributed by atoms with Crippen LogP contribution in [0.5, 0.6) is 0 Å². The quantitative estimate of drug-likeness (QED) is 0.879. The molecule has 21 heavy (non-hydrogen) atoms. The van der Waals surface area contributed by atoms with Crippen LogP contribution in [0.3, 0.4) is 0 Å². The number of hydrogen-bond donors (Lipinski definition) is 2. The molecule has 0 aliphatic carbocycles. The summed E-state index contributed by atoms with van der Waals surface area (Å²) in [6.45, 7) is 1.79. The molecule has 2 aromatic rings. The molecular formula is C16H15ClFNO2. The fourth-order valence-electron chi connectivity index (χ4n) is 2.15. The minimum Gasteiger partial charge on any atom is -0.480 e. The van der Waals surface area contributed by atoms with Gasteiger partial charge < -0.3 is 5.11 Å². The molecule has 0 fully saturated rings. The molecule has 2 unspecified atom stereocenters. The second kappa shape index (κ2) is 6.70. The lowest BCUT2D eigenvalue weighted by Crippen LogP contribution is -2.30. The van der Waals surface area contributed by atoms with Gasteiger partial charge >= 0.3 is 5.97 Å². The maximum absolute atomic E-state index is 13.1. The highest BCUT2D eigenvalue weighted by Gasteiger charge is 2.23. The van der Waals surface area contributed by atoms with Gasteiger partial charge in [0.2, 0.25) is 0 Å². The largest absolute Gasteiger partial charge is 0.480 e. The Morgan fingerprint density at radius 2 is 1.90 bits per heavy atom. The first-order chi connectivity index (χ1) is 9.99. The number of carboxylic acid groups (broad SMARTS) is 1. The van der Waals surface area contributed by atoms with E-state index in [0.29, 0.717) is 11.1 Å². The van der Waals surface area contributed by atoms with Gasteiger partial charge in [-0.05, 0) is 30.2 Å². The van der Waals surface area contributed by atoms with Gasteiger partial charge in [0.05, 0.1) is 0 Å². The number of carboxylic acids is 1. The maximum Gasteiger partial charge on any atom is 0.325 e. The van der Waals surface area contributed by atoms with Crippen LogP contribution in [0.2, 0.25) is 5.02 Å². The van der Waals surface area contributed by atoms with Crippen molar-refractivity contribution in [3.8, 4) is 0 Å². The molecule has 2 rings (SSSR count). The average molecular weight is 308 g/mol. The van der Waals surface area contributed by atoms with Gasteiger partial charge in [0.15, 0.2) is 0 Å². The van der Waals surface area contributed by atoms with E-state index < -0.39 is 17.8 Å². The molecule has 3 nitrogen and oxygen atoms in total. The number of aliphatic carboxylic acids is 1. The lowest BCUT2D eigenvalue weighted by Gasteiger charge is -2.21. The molecule has 0 aliphatic heterocycles. The fourth-order valence-corrected chi connectivity index (χ4v) is 2.48. The van der Waals surface area contributed by atoms with Gasteiger partial charge in [0.25, 0.3) is 0 Å². The molecule has 0 heterocycles. The summed E-state index contributed by atoms with van der Waals surface area (Å²) in [5, 5.41) is 12.7. The summed E-state index contributed by atoms with van der Waals surface area (Å²) in [5.41, 5.74) is 1.30. The average Bonchev–Trinajstić information content (AvgIpc) is 2.45. The van der Waals surface area contributed by atoms with E-state index in [1.165, 1.54) is 12.1 Å². The van der Waals surface area contributed by atoms with E-state index in [1.54, 1.807) is 37.3 Å². The molecule has 0 saturated carbocycles. The van der Waals surface area contributed by atoms with Crippen molar-refractivity contribution in [2.75, 3.05) is 0 Å². The first kappa shape index (κ1) is 15.5. The van der Waals surface area contributed by atoms with Crippen molar-refractivity contribution in [3.63, 3.8) is 0 Å². The summed E-state index contributed by atoms with van der Waals surface area (Å²) in [5.74, 6) is -1.40. The molecule has 2 N–H and O–H groups in total. The van der Waals surface area contributed by atoms with Crippen LogP contribution in [0, 0.1) is 5.82 Å². The van der Waals surface area contributed by atoms with Crippen LogP contribution in [0.1, 0.15) is 30.1 Å². The van der Waals surface area contributed by atoms with Crippen LogP contribution in [0.25, 0.3) is 0 Å². The van der Waals surface area contributed by atoms with E-state index in [9.17, 15) is 14.3 Å². The van der Waals surface area contributed by atoms with Crippen LogP contribution >= 0.6 is 11.6 Å². The molecule has 0 aromatic heterocycles. The standard InChI is InChI=1S/C16H15ClFNO2/c1-10(13-8-7-12(18)9-14(13)17)19-15(16(20)21)11-5-3-2-4-6-11/h2-10,15,19H,1H3,(H,20,21). The van der Waals surface area contributed by atoms with Crippen LogP contribution in [0.4, 0.5) is 4.39 Å². The van der Waals surface area contributed by atoms with E-state index >= 15 is 0 Å². The fraction of sp³-hybridized carbons (Fsp3) is 0.188. The van der Waals surface area contributed by atoms with Gasteiger partial charge in [-0.2, -0.15) is 0 Å². The SMILES string of the molecule is CC(NC(C(=O)O)c1ccccc1)c1ccc(F)cc1Cl. The zero-order chi connectivity index (χ0) is 15.4. The first-order valence-corrected chi connectivity index (χ1v) is 6.85. The third kappa shape index (κ3) is 3.80. The predicted octanol–water partition coefficient (Wildman–Crippen LogP) is 3.96. The van der Waals surface area contributed by atoms with E-state index in [0.717, 1.165) is 0 Å². The van der Waals surface area contributed by atoms with Crippen LogP contribution < -0.4 is 5.32 Å². The molecule has 0 amide bonds. The minimum atomic E-state index is -0.980. The summed E-state index contributed by atoms with van der Waals surface area (Å²) >= 11 is 6.01. The summed E-state index contributed by atoms with van der Waals surface area (Å²) in [6.07, 6.45) is 0. The van der Waals surface area contributed by atoms with Crippen molar-refractivity contribution in [3.05, 3.63) is 70.5 Å². The highest BCUT2D eigenvalue weighted by Crippen LogP contribution is 2.26. The molecule has 0 spiro atoms. The molecule has 0 aliphatic rings. The first-order valence-electron chi connectivity index (χ1n) is 6.48. The third-order valence-electron chi connectivity index (χ3n) is 3.23. The third-order valence-corrected chi connectivity index (χ3v) is 3.55. The maximum atomic E-state index is 13.1. The van der Waals surface area contributed by atoms with Gasteiger partial charge in [-0.1, -0.05) is 48.0 Å². The summed E-state index contributed by atoms with van der Waals surface area (Å²) in [6, 6.07) is 11.7. The van der Waals surface area contributed by atoms with Gasteiger partial charge in [-0.15, -0.1) is 0 Å². The van der Waals surface area contributed by atoms with E-state index in [2.05, 4.69) is 5.32 Å². The monoisotopic (exact) mass is 307 g/mol. The molecular weight excluding hydrogens is 293 g/mol. The number of hydrogen-bond acceptors (Lipinski definition) is 2. The molecule has 5 heteroatoms. The molecule has 2 aromatic carbocycles.